The first-order chi connectivity index (χ1) is 12.5. The summed E-state index contributed by atoms with van der Waals surface area (Å²) in [5.74, 6) is 0.717. The van der Waals surface area contributed by atoms with E-state index < -0.39 is 5.54 Å². The van der Waals surface area contributed by atoms with E-state index in [9.17, 15) is 9.59 Å². The molecule has 2 aliphatic heterocycles. The Kier molecular flexibility index (Phi) is 3.67. The molecule has 2 aliphatic rings. The minimum atomic E-state index is -0.776. The number of carbonyl (C=O) groups excluding carboxylic acids is 2. The van der Waals surface area contributed by atoms with Gasteiger partial charge in [-0.1, -0.05) is 0 Å². The molecule has 0 radical (unpaired) electrons. The third-order valence-corrected chi connectivity index (χ3v) is 4.65. The molecule has 12 nitrogen and oxygen atoms in total. The van der Waals surface area contributed by atoms with Gasteiger partial charge in [0.25, 0.3) is 11.8 Å². The number of aromatic amines is 1. The third-order valence-electron chi connectivity index (χ3n) is 4.65. The second-order valence-electron chi connectivity index (χ2n) is 6.50. The van der Waals surface area contributed by atoms with Gasteiger partial charge in [-0.05, 0) is 23.3 Å². The van der Waals surface area contributed by atoms with Crippen molar-refractivity contribution in [1.82, 2.24) is 45.5 Å². The smallest absolute Gasteiger partial charge is 0.271 e. The average Bonchev–Trinajstić information content (AvgIpc) is 3.36. The number of guanidine groups is 1. The van der Waals surface area contributed by atoms with Crippen LogP contribution in [-0.4, -0.2) is 90.7 Å². The number of H-pyrrole nitrogens is 1. The summed E-state index contributed by atoms with van der Waals surface area (Å²) in [6.45, 7) is 0.880. The molecule has 0 bridgehead atoms. The van der Waals surface area contributed by atoms with Crippen LogP contribution in [0.15, 0.2) is 17.4 Å². The minimum Gasteiger partial charge on any atom is -0.349 e. The zero-order chi connectivity index (χ0) is 18.3. The highest BCUT2D eigenvalue weighted by Crippen LogP contribution is 2.30. The van der Waals surface area contributed by atoms with Crippen LogP contribution in [0.4, 0.5) is 0 Å². The zero-order valence-corrected chi connectivity index (χ0v) is 14.4. The molecule has 136 valence electrons. The van der Waals surface area contributed by atoms with Gasteiger partial charge in [-0.3, -0.25) is 20.0 Å². The fourth-order valence-electron chi connectivity index (χ4n) is 3.10. The Morgan fingerprint density at radius 1 is 1.31 bits per heavy atom. The SMILES string of the molecule is CN(C)C1=NC2(CCN(C(=O)c3cc(-n4cnnn4)n[nH]3)CC2)C(=O)N1. The first-order valence-corrected chi connectivity index (χ1v) is 8.15. The van der Waals surface area contributed by atoms with E-state index in [1.54, 1.807) is 15.9 Å². The molecule has 1 spiro atoms. The van der Waals surface area contributed by atoms with E-state index >= 15 is 0 Å². The molecule has 0 aromatic carbocycles. The zero-order valence-electron chi connectivity index (χ0n) is 14.4. The van der Waals surface area contributed by atoms with Crippen molar-refractivity contribution >= 4 is 17.8 Å². The van der Waals surface area contributed by atoms with E-state index in [0.717, 1.165) is 0 Å². The number of nitrogens with one attached hydrogen (secondary N) is 2. The van der Waals surface area contributed by atoms with Crippen molar-refractivity contribution in [2.75, 3.05) is 27.2 Å². The molecular weight excluding hydrogens is 340 g/mol. The average molecular weight is 358 g/mol. The van der Waals surface area contributed by atoms with Crippen LogP contribution in [0.5, 0.6) is 0 Å². The lowest BCUT2D eigenvalue weighted by atomic mass is 9.88. The van der Waals surface area contributed by atoms with E-state index in [1.807, 2.05) is 14.1 Å². The summed E-state index contributed by atoms with van der Waals surface area (Å²) in [5.41, 5.74) is -0.429. The van der Waals surface area contributed by atoms with Crippen LogP contribution in [0, 0.1) is 0 Å². The van der Waals surface area contributed by atoms with Gasteiger partial charge < -0.3 is 9.80 Å². The number of hydrogen-bond donors (Lipinski definition) is 2. The lowest BCUT2D eigenvalue weighted by Crippen LogP contribution is -2.50. The molecule has 0 saturated carbocycles. The fraction of sp³-hybridized carbons (Fsp3) is 0.500. The summed E-state index contributed by atoms with van der Waals surface area (Å²) >= 11 is 0. The van der Waals surface area contributed by atoms with Crippen LogP contribution < -0.4 is 5.32 Å². The molecule has 2 amide bonds. The molecule has 0 atom stereocenters. The monoisotopic (exact) mass is 358 g/mol. The van der Waals surface area contributed by atoms with Gasteiger partial charge in [-0.15, -0.1) is 5.10 Å². The Hall–Kier alpha value is -3.31. The predicted octanol–water partition coefficient (Wildman–Crippen LogP) is -1.59. The second-order valence-corrected chi connectivity index (χ2v) is 6.50. The molecule has 4 heterocycles. The van der Waals surface area contributed by atoms with E-state index in [2.05, 4.69) is 36.0 Å². The van der Waals surface area contributed by atoms with Crippen LogP contribution in [0.1, 0.15) is 23.3 Å². The Bertz CT molecular complexity index is 860. The number of aromatic nitrogens is 6. The van der Waals surface area contributed by atoms with Crippen molar-refractivity contribution in [3.63, 3.8) is 0 Å². The van der Waals surface area contributed by atoms with Crippen molar-refractivity contribution in [3.05, 3.63) is 18.1 Å². The van der Waals surface area contributed by atoms with Gasteiger partial charge in [0.05, 0.1) is 0 Å². The lowest BCUT2D eigenvalue weighted by Gasteiger charge is -2.35. The van der Waals surface area contributed by atoms with Crippen LogP contribution in [0.25, 0.3) is 5.82 Å². The molecule has 2 aromatic rings. The van der Waals surface area contributed by atoms with E-state index in [1.165, 1.54) is 11.0 Å². The number of rotatable bonds is 2. The number of likely N-dealkylation sites (tertiary alicyclic amines) is 1. The summed E-state index contributed by atoms with van der Waals surface area (Å²) in [6, 6.07) is 1.59. The normalized spacial score (nSPS) is 18.8. The van der Waals surface area contributed by atoms with E-state index in [-0.39, 0.29) is 11.8 Å². The highest BCUT2D eigenvalue weighted by atomic mass is 16.2. The van der Waals surface area contributed by atoms with Crippen LogP contribution >= 0.6 is 0 Å². The predicted molar refractivity (Wildman–Crippen MR) is 88.4 cm³/mol. The number of piperidine rings is 1. The number of hydrogen-bond acceptors (Lipinski definition) is 8. The molecule has 12 heteroatoms. The first-order valence-electron chi connectivity index (χ1n) is 8.15. The Morgan fingerprint density at radius 2 is 2.08 bits per heavy atom. The van der Waals surface area contributed by atoms with Crippen molar-refractivity contribution in [3.8, 4) is 5.82 Å². The third kappa shape index (κ3) is 2.59. The van der Waals surface area contributed by atoms with Gasteiger partial charge in [0.1, 0.15) is 17.6 Å². The Labute approximate surface area is 148 Å². The molecule has 1 fully saturated rings. The number of carbonyl (C=O) groups is 2. The first kappa shape index (κ1) is 16.2. The minimum absolute atomic E-state index is 0.101. The molecule has 1 saturated heterocycles. The maximum absolute atomic E-state index is 12.7. The summed E-state index contributed by atoms with van der Waals surface area (Å²) in [6.07, 6.45) is 2.36. The fourth-order valence-corrected chi connectivity index (χ4v) is 3.10. The summed E-state index contributed by atoms with van der Waals surface area (Å²) in [4.78, 5) is 33.1. The molecule has 4 rings (SSSR count). The van der Waals surface area contributed by atoms with Crippen LogP contribution in [-0.2, 0) is 4.79 Å². The molecule has 0 unspecified atom stereocenters. The number of tetrazole rings is 1. The Balaban J connectivity index is 1.45. The van der Waals surface area contributed by atoms with Crippen molar-refractivity contribution in [2.24, 2.45) is 4.99 Å². The van der Waals surface area contributed by atoms with Gasteiger partial charge in [0.2, 0.25) is 5.96 Å². The molecular formula is C14H18N10O2. The Morgan fingerprint density at radius 3 is 2.69 bits per heavy atom. The van der Waals surface area contributed by atoms with Gasteiger partial charge in [0, 0.05) is 33.3 Å². The maximum Gasteiger partial charge on any atom is 0.271 e. The van der Waals surface area contributed by atoms with Gasteiger partial charge in [0.15, 0.2) is 5.82 Å². The van der Waals surface area contributed by atoms with Gasteiger partial charge >= 0.3 is 0 Å². The highest BCUT2D eigenvalue weighted by molar-refractivity contribution is 6.07. The molecule has 0 aliphatic carbocycles. The summed E-state index contributed by atoms with van der Waals surface area (Å²) in [5, 5.41) is 20.4. The molecule has 26 heavy (non-hydrogen) atoms. The van der Waals surface area contributed by atoms with Gasteiger partial charge in [-0.25, -0.2) is 4.99 Å². The highest BCUT2D eigenvalue weighted by Gasteiger charge is 2.47. The summed E-state index contributed by atoms with van der Waals surface area (Å²) in [7, 11) is 3.66. The maximum atomic E-state index is 12.7. The van der Waals surface area contributed by atoms with E-state index in [0.29, 0.717) is 43.4 Å². The lowest BCUT2D eigenvalue weighted by molar-refractivity contribution is -0.125. The van der Waals surface area contributed by atoms with Gasteiger partial charge in [-0.2, -0.15) is 9.78 Å². The molecule has 2 N–H and O–H groups in total. The number of aliphatic imine (C=N–C) groups is 1. The summed E-state index contributed by atoms with van der Waals surface area (Å²) < 4.78 is 1.36. The quantitative estimate of drug-likeness (QED) is 0.660. The van der Waals surface area contributed by atoms with Crippen molar-refractivity contribution in [1.29, 1.82) is 0 Å². The standard InChI is InChI=1S/C14H18N10O2/c1-22(2)13-16-12(26)14(17-13)3-5-23(6-4-14)11(25)9-7-10(19-18-9)24-8-15-20-21-24/h7-8H,3-6H2,1-2H3,(H,18,19)(H,16,17,26). The van der Waals surface area contributed by atoms with Crippen LogP contribution in [0.2, 0.25) is 0 Å². The second kappa shape index (κ2) is 5.89. The van der Waals surface area contributed by atoms with E-state index in [4.69, 9.17) is 0 Å². The largest absolute Gasteiger partial charge is 0.349 e. The van der Waals surface area contributed by atoms with Crippen molar-refractivity contribution in [2.45, 2.75) is 18.4 Å². The van der Waals surface area contributed by atoms with Crippen LogP contribution in [0.3, 0.4) is 0 Å². The van der Waals surface area contributed by atoms with Crippen molar-refractivity contribution < 1.29 is 9.59 Å². The number of amides is 2. The topological polar surface area (TPSA) is 137 Å². The molecule has 2 aromatic heterocycles. The number of nitrogens with zero attached hydrogens (tertiary/aromatic N) is 8.